The molecule has 3 nitrogen and oxygen atoms in total. The number of piperidine rings is 1. The monoisotopic (exact) mass is 613 g/mol. The molecule has 0 atom stereocenters. The van der Waals surface area contributed by atoms with Crippen molar-refractivity contribution in [1.29, 1.82) is 0 Å². The maximum Gasteiger partial charge on any atom is 0.311 e. The number of likely N-dealkylation sites (tertiary alicyclic amines) is 1. The van der Waals surface area contributed by atoms with Crippen LogP contribution in [0.25, 0.3) is 5.76 Å². The lowest BCUT2D eigenvalue weighted by Gasteiger charge is -2.32. The number of ether oxygens (including phenoxy) is 1. The summed E-state index contributed by atoms with van der Waals surface area (Å²) in [5.41, 5.74) is 7.86. The molecular formula is C42H63NO2. The predicted octanol–water partition coefficient (Wildman–Crippen LogP) is 11.7. The summed E-state index contributed by atoms with van der Waals surface area (Å²) in [5.74, 6) is 1.51. The van der Waals surface area contributed by atoms with Gasteiger partial charge in [0.2, 0.25) is 0 Å². The Morgan fingerprint density at radius 1 is 0.756 bits per heavy atom. The van der Waals surface area contributed by atoms with Crippen LogP contribution in [0.15, 0.2) is 48.0 Å². The minimum atomic E-state index is -0.0408. The van der Waals surface area contributed by atoms with Crippen LogP contribution >= 0.6 is 0 Å². The van der Waals surface area contributed by atoms with Crippen LogP contribution in [0.2, 0.25) is 0 Å². The van der Waals surface area contributed by atoms with E-state index in [0.717, 1.165) is 51.1 Å². The Morgan fingerprint density at radius 2 is 1.31 bits per heavy atom. The fourth-order valence-corrected chi connectivity index (χ4v) is 7.37. The molecule has 4 rings (SSSR count). The second-order valence-electron chi connectivity index (χ2n) is 14.3. The lowest BCUT2D eigenvalue weighted by molar-refractivity contribution is -0.136. The molecule has 0 spiro atoms. The summed E-state index contributed by atoms with van der Waals surface area (Å²) >= 11 is 0. The Kier molecular flexibility index (Phi) is 15.7. The van der Waals surface area contributed by atoms with E-state index in [4.69, 9.17) is 4.74 Å². The Morgan fingerprint density at radius 3 is 1.91 bits per heavy atom. The molecule has 0 amide bonds. The minimum Gasteiger partial charge on any atom is -0.426 e. The molecule has 1 saturated heterocycles. The molecule has 3 heteroatoms. The molecule has 1 heterocycles. The summed E-state index contributed by atoms with van der Waals surface area (Å²) in [5, 5.41) is 0. The molecule has 0 N–H and O–H groups in total. The summed E-state index contributed by atoms with van der Waals surface area (Å²) in [7, 11) is 0. The van der Waals surface area contributed by atoms with E-state index in [0.29, 0.717) is 12.3 Å². The van der Waals surface area contributed by atoms with Gasteiger partial charge in [-0.3, -0.25) is 9.69 Å². The van der Waals surface area contributed by atoms with Gasteiger partial charge in [-0.25, -0.2) is 0 Å². The van der Waals surface area contributed by atoms with Crippen LogP contribution in [-0.4, -0.2) is 24.0 Å². The Bertz CT molecular complexity index is 1170. The van der Waals surface area contributed by atoms with Crippen molar-refractivity contribution in [3.05, 3.63) is 75.9 Å². The highest BCUT2D eigenvalue weighted by Gasteiger charge is 2.29. The first-order chi connectivity index (χ1) is 22.0. The summed E-state index contributed by atoms with van der Waals surface area (Å²) < 4.78 is 6.24. The number of carbonyl (C=O) groups excluding carboxylic acids is 1. The molecule has 0 radical (unpaired) electrons. The van der Waals surface area contributed by atoms with Crippen LogP contribution in [0.5, 0.6) is 0 Å². The second-order valence-corrected chi connectivity index (χ2v) is 14.3. The number of carbonyl (C=O) groups is 1. The van der Waals surface area contributed by atoms with Crippen molar-refractivity contribution in [3.63, 3.8) is 0 Å². The van der Waals surface area contributed by atoms with Gasteiger partial charge in [0.15, 0.2) is 0 Å². The molecule has 2 aliphatic rings. The zero-order chi connectivity index (χ0) is 31.7. The van der Waals surface area contributed by atoms with Crippen molar-refractivity contribution in [1.82, 2.24) is 4.90 Å². The standard InChI is InChI=1S/C42H63NO2/c1-4-5-6-7-8-9-10-11-12-13-14-15-16-17-21-24-41(44)45-42-39(32-38-29-34(2)35(3)30-40(38)42)31-36-25-27-43(28-26-36)33-37-22-19-18-20-23-37/h18-20,22-23,29-30,36H,4-17,21,24-28,31-33H2,1-3H3. The number of aryl methyl sites for hydroxylation is 2. The van der Waals surface area contributed by atoms with Crippen LogP contribution in [-0.2, 0) is 22.5 Å². The molecule has 2 aromatic rings. The fraction of sp³-hybridized carbons (Fsp3) is 0.643. The van der Waals surface area contributed by atoms with Gasteiger partial charge in [0.1, 0.15) is 5.76 Å². The quantitative estimate of drug-likeness (QED) is 0.104. The maximum atomic E-state index is 13.1. The molecule has 45 heavy (non-hydrogen) atoms. The van der Waals surface area contributed by atoms with Gasteiger partial charge in [-0.2, -0.15) is 0 Å². The molecule has 248 valence electrons. The van der Waals surface area contributed by atoms with Gasteiger partial charge in [0.25, 0.3) is 0 Å². The molecule has 0 saturated carbocycles. The number of rotatable bonds is 21. The van der Waals surface area contributed by atoms with E-state index in [1.807, 2.05) is 0 Å². The lowest BCUT2D eigenvalue weighted by Crippen LogP contribution is -2.33. The molecule has 1 aliphatic carbocycles. The van der Waals surface area contributed by atoms with Crippen LogP contribution in [0.4, 0.5) is 0 Å². The number of hydrogen-bond donors (Lipinski definition) is 0. The first-order valence-electron chi connectivity index (χ1n) is 18.8. The van der Waals surface area contributed by atoms with Gasteiger partial charge in [0.05, 0.1) is 0 Å². The summed E-state index contributed by atoms with van der Waals surface area (Å²) in [4.78, 5) is 15.7. The Hall–Kier alpha value is -2.39. The number of benzene rings is 2. The number of allylic oxidation sites excluding steroid dienone is 1. The van der Waals surface area contributed by atoms with Crippen molar-refractivity contribution < 1.29 is 9.53 Å². The van der Waals surface area contributed by atoms with E-state index in [1.165, 1.54) is 130 Å². The highest BCUT2D eigenvalue weighted by molar-refractivity contribution is 5.82. The van der Waals surface area contributed by atoms with Crippen LogP contribution in [0.3, 0.4) is 0 Å². The number of esters is 1. The number of nitrogens with zero attached hydrogens (tertiary/aromatic N) is 1. The predicted molar refractivity (Wildman–Crippen MR) is 191 cm³/mol. The topological polar surface area (TPSA) is 29.5 Å². The van der Waals surface area contributed by atoms with Gasteiger partial charge in [0, 0.05) is 18.5 Å². The minimum absolute atomic E-state index is 0.0408. The normalized spacial score (nSPS) is 15.5. The van der Waals surface area contributed by atoms with Gasteiger partial charge >= 0.3 is 5.97 Å². The van der Waals surface area contributed by atoms with E-state index >= 15 is 0 Å². The Labute approximate surface area is 276 Å². The summed E-state index contributed by atoms with van der Waals surface area (Å²) in [6.07, 6.45) is 25.0. The molecule has 1 fully saturated rings. The third kappa shape index (κ3) is 12.4. The summed E-state index contributed by atoms with van der Waals surface area (Å²) in [6.45, 7) is 9.99. The highest BCUT2D eigenvalue weighted by Crippen LogP contribution is 2.40. The average Bonchev–Trinajstić information content (AvgIpc) is 3.35. The molecule has 0 aromatic heterocycles. The maximum absolute atomic E-state index is 13.1. The third-order valence-corrected chi connectivity index (χ3v) is 10.4. The van der Waals surface area contributed by atoms with Crippen molar-refractivity contribution in [3.8, 4) is 0 Å². The Balaban J connectivity index is 1.15. The van der Waals surface area contributed by atoms with Crippen molar-refractivity contribution >= 4 is 11.7 Å². The van der Waals surface area contributed by atoms with Gasteiger partial charge in [-0.15, -0.1) is 0 Å². The molecular weight excluding hydrogens is 550 g/mol. The molecule has 0 unspecified atom stereocenters. The first kappa shape index (κ1) is 35.5. The smallest absolute Gasteiger partial charge is 0.311 e. The van der Waals surface area contributed by atoms with E-state index in [-0.39, 0.29) is 5.97 Å². The van der Waals surface area contributed by atoms with Crippen LogP contribution < -0.4 is 0 Å². The van der Waals surface area contributed by atoms with E-state index in [1.54, 1.807) is 0 Å². The average molecular weight is 614 g/mol. The highest BCUT2D eigenvalue weighted by atomic mass is 16.5. The zero-order valence-corrected chi connectivity index (χ0v) is 29.1. The number of unbranched alkanes of at least 4 members (excludes halogenated alkanes) is 14. The van der Waals surface area contributed by atoms with E-state index in [2.05, 4.69) is 68.1 Å². The van der Waals surface area contributed by atoms with Crippen molar-refractivity contribution in [2.45, 2.75) is 156 Å². The zero-order valence-electron chi connectivity index (χ0n) is 29.1. The number of fused-ring (bicyclic) bond motifs is 1. The van der Waals surface area contributed by atoms with Crippen LogP contribution in [0, 0.1) is 19.8 Å². The SMILES string of the molecule is CCCCCCCCCCCCCCCCCC(=O)OC1=C(CC2CCN(Cc3ccccc3)CC2)Cc2cc(C)c(C)cc21. The fourth-order valence-electron chi connectivity index (χ4n) is 7.37. The van der Waals surface area contributed by atoms with Gasteiger partial charge < -0.3 is 4.74 Å². The van der Waals surface area contributed by atoms with Gasteiger partial charge in [-0.05, 0) is 98.9 Å². The summed E-state index contributed by atoms with van der Waals surface area (Å²) in [6, 6.07) is 15.4. The van der Waals surface area contributed by atoms with E-state index < -0.39 is 0 Å². The lowest BCUT2D eigenvalue weighted by atomic mass is 9.89. The third-order valence-electron chi connectivity index (χ3n) is 10.4. The van der Waals surface area contributed by atoms with Crippen molar-refractivity contribution in [2.75, 3.05) is 13.1 Å². The molecule has 0 bridgehead atoms. The second kappa shape index (κ2) is 20.0. The largest absolute Gasteiger partial charge is 0.426 e. The first-order valence-corrected chi connectivity index (χ1v) is 18.8. The van der Waals surface area contributed by atoms with Crippen LogP contribution in [0.1, 0.15) is 157 Å². The molecule has 1 aliphatic heterocycles. The van der Waals surface area contributed by atoms with E-state index in [9.17, 15) is 4.79 Å². The number of hydrogen-bond acceptors (Lipinski definition) is 3. The van der Waals surface area contributed by atoms with Gasteiger partial charge in [-0.1, -0.05) is 133 Å². The molecule has 2 aromatic carbocycles. The van der Waals surface area contributed by atoms with Crippen molar-refractivity contribution in [2.24, 2.45) is 5.92 Å².